The summed E-state index contributed by atoms with van der Waals surface area (Å²) in [5.74, 6) is 0.0485. The lowest BCUT2D eigenvalue weighted by Gasteiger charge is -2.10. The average molecular weight is 282 g/mol. The first kappa shape index (κ1) is 14.4. The lowest BCUT2D eigenvalue weighted by molar-refractivity contribution is 0.0600. The van der Waals surface area contributed by atoms with Gasteiger partial charge in [0.1, 0.15) is 12.4 Å². The molecule has 0 aliphatic carbocycles. The lowest BCUT2D eigenvalue weighted by Crippen LogP contribution is -2.04. The highest BCUT2D eigenvalue weighted by Crippen LogP contribution is 2.24. The van der Waals surface area contributed by atoms with E-state index in [9.17, 15) is 4.79 Å². The number of benzene rings is 2. The van der Waals surface area contributed by atoms with E-state index in [1.165, 1.54) is 13.2 Å². The van der Waals surface area contributed by atoms with Gasteiger partial charge in [0.15, 0.2) is 0 Å². The molecule has 0 aliphatic rings. The number of methoxy groups -OCH3 is 1. The standard InChI is InChI=1S/C16H14N2O3/c1-20-16(19)13-6-7-15(14(18)8-13)21-10-12-4-2-11(9-17)3-5-12/h2-8H,10,18H2,1H3. The Bertz CT molecular complexity index is 688. The maximum Gasteiger partial charge on any atom is 0.337 e. The number of nitriles is 1. The van der Waals surface area contributed by atoms with Gasteiger partial charge < -0.3 is 15.2 Å². The summed E-state index contributed by atoms with van der Waals surface area (Å²) < 4.78 is 10.2. The maximum atomic E-state index is 11.4. The Balaban J connectivity index is 2.06. The molecule has 0 saturated carbocycles. The molecule has 0 radical (unpaired) electrons. The molecule has 0 aliphatic heterocycles. The van der Waals surface area contributed by atoms with Gasteiger partial charge in [0, 0.05) is 0 Å². The highest BCUT2D eigenvalue weighted by molar-refractivity contribution is 5.90. The Labute approximate surface area is 122 Å². The van der Waals surface area contributed by atoms with Crippen molar-refractivity contribution in [1.29, 1.82) is 5.26 Å². The average Bonchev–Trinajstić information content (AvgIpc) is 2.53. The van der Waals surface area contributed by atoms with Gasteiger partial charge in [0.2, 0.25) is 0 Å². The predicted octanol–water partition coefficient (Wildman–Crippen LogP) is 2.51. The molecule has 106 valence electrons. The smallest absolute Gasteiger partial charge is 0.337 e. The Morgan fingerprint density at radius 1 is 1.24 bits per heavy atom. The number of anilines is 1. The van der Waals surface area contributed by atoms with Gasteiger partial charge in [-0.25, -0.2) is 4.79 Å². The van der Waals surface area contributed by atoms with Crippen molar-refractivity contribution in [3.05, 3.63) is 59.2 Å². The number of nitrogen functional groups attached to an aromatic ring is 1. The topological polar surface area (TPSA) is 85.3 Å². The number of carbonyl (C=O) groups is 1. The molecule has 0 heterocycles. The first-order valence-corrected chi connectivity index (χ1v) is 6.23. The van der Waals surface area contributed by atoms with Crippen molar-refractivity contribution in [3.8, 4) is 11.8 Å². The van der Waals surface area contributed by atoms with Crippen LogP contribution in [0.25, 0.3) is 0 Å². The Morgan fingerprint density at radius 2 is 1.95 bits per heavy atom. The van der Waals surface area contributed by atoms with Crippen LogP contribution in [0.1, 0.15) is 21.5 Å². The van der Waals surface area contributed by atoms with Crippen LogP contribution >= 0.6 is 0 Å². The minimum atomic E-state index is -0.444. The molecule has 0 spiro atoms. The minimum absolute atomic E-state index is 0.327. The second kappa shape index (κ2) is 6.44. The number of ether oxygens (including phenoxy) is 2. The number of rotatable bonds is 4. The zero-order valence-electron chi connectivity index (χ0n) is 11.5. The molecule has 0 saturated heterocycles. The van der Waals surface area contributed by atoms with E-state index in [1.54, 1.807) is 24.3 Å². The second-order valence-electron chi connectivity index (χ2n) is 4.34. The van der Waals surface area contributed by atoms with E-state index in [0.29, 0.717) is 29.2 Å². The van der Waals surface area contributed by atoms with E-state index in [4.69, 9.17) is 15.7 Å². The normalized spacial score (nSPS) is 9.71. The Hall–Kier alpha value is -3.00. The van der Waals surface area contributed by atoms with Crippen LogP contribution in [0.3, 0.4) is 0 Å². The fourth-order valence-corrected chi connectivity index (χ4v) is 1.76. The molecule has 5 nitrogen and oxygen atoms in total. The monoisotopic (exact) mass is 282 g/mol. The maximum absolute atomic E-state index is 11.4. The van der Waals surface area contributed by atoms with E-state index < -0.39 is 5.97 Å². The molecular formula is C16H14N2O3. The van der Waals surface area contributed by atoms with Gasteiger partial charge in [0.05, 0.1) is 30.0 Å². The van der Waals surface area contributed by atoms with Crippen molar-refractivity contribution in [3.63, 3.8) is 0 Å². The molecule has 0 fully saturated rings. The molecule has 21 heavy (non-hydrogen) atoms. The SMILES string of the molecule is COC(=O)c1ccc(OCc2ccc(C#N)cc2)c(N)c1. The van der Waals surface area contributed by atoms with Gasteiger partial charge >= 0.3 is 5.97 Å². The van der Waals surface area contributed by atoms with E-state index in [0.717, 1.165) is 5.56 Å². The zero-order chi connectivity index (χ0) is 15.2. The van der Waals surface area contributed by atoms with E-state index >= 15 is 0 Å². The molecule has 2 rings (SSSR count). The Morgan fingerprint density at radius 3 is 2.52 bits per heavy atom. The number of hydrogen-bond donors (Lipinski definition) is 1. The molecule has 0 amide bonds. The molecule has 0 bridgehead atoms. The zero-order valence-corrected chi connectivity index (χ0v) is 11.5. The molecule has 5 heteroatoms. The van der Waals surface area contributed by atoms with Crippen molar-refractivity contribution < 1.29 is 14.3 Å². The Kier molecular flexibility index (Phi) is 4.42. The van der Waals surface area contributed by atoms with Gasteiger partial charge in [-0.15, -0.1) is 0 Å². The molecule has 0 aromatic heterocycles. The summed E-state index contributed by atoms with van der Waals surface area (Å²) in [6.07, 6.45) is 0. The molecular weight excluding hydrogens is 268 g/mol. The van der Waals surface area contributed by atoms with Crippen LogP contribution in [0.5, 0.6) is 5.75 Å². The van der Waals surface area contributed by atoms with Crippen LogP contribution in [0.2, 0.25) is 0 Å². The summed E-state index contributed by atoms with van der Waals surface area (Å²) in [6.45, 7) is 0.327. The lowest BCUT2D eigenvalue weighted by atomic mass is 10.1. The summed E-state index contributed by atoms with van der Waals surface area (Å²) in [5.41, 5.74) is 8.11. The van der Waals surface area contributed by atoms with Crippen LogP contribution in [0.15, 0.2) is 42.5 Å². The first-order chi connectivity index (χ1) is 10.1. The van der Waals surface area contributed by atoms with Gasteiger partial charge in [-0.1, -0.05) is 12.1 Å². The molecule has 2 aromatic rings. The summed E-state index contributed by atoms with van der Waals surface area (Å²) in [5, 5.41) is 8.73. The van der Waals surface area contributed by atoms with Gasteiger partial charge in [-0.3, -0.25) is 0 Å². The third-order valence-corrected chi connectivity index (χ3v) is 2.91. The summed E-state index contributed by atoms with van der Waals surface area (Å²) >= 11 is 0. The van der Waals surface area contributed by atoms with Gasteiger partial charge in [-0.05, 0) is 35.9 Å². The van der Waals surface area contributed by atoms with Crippen molar-refractivity contribution in [2.75, 3.05) is 12.8 Å². The van der Waals surface area contributed by atoms with E-state index in [-0.39, 0.29) is 0 Å². The number of esters is 1. The van der Waals surface area contributed by atoms with Crippen LogP contribution in [0, 0.1) is 11.3 Å². The van der Waals surface area contributed by atoms with Crippen molar-refractivity contribution in [2.45, 2.75) is 6.61 Å². The summed E-state index contributed by atoms with van der Waals surface area (Å²) in [4.78, 5) is 11.4. The number of hydrogen-bond acceptors (Lipinski definition) is 5. The first-order valence-electron chi connectivity index (χ1n) is 6.23. The third-order valence-electron chi connectivity index (χ3n) is 2.91. The second-order valence-corrected chi connectivity index (χ2v) is 4.34. The van der Waals surface area contributed by atoms with Crippen molar-refractivity contribution in [2.24, 2.45) is 0 Å². The van der Waals surface area contributed by atoms with Gasteiger partial charge in [-0.2, -0.15) is 5.26 Å². The predicted molar refractivity (Wildman–Crippen MR) is 77.7 cm³/mol. The molecule has 2 N–H and O–H groups in total. The minimum Gasteiger partial charge on any atom is -0.487 e. The van der Waals surface area contributed by atoms with Crippen molar-refractivity contribution in [1.82, 2.24) is 0 Å². The van der Waals surface area contributed by atoms with Crippen LogP contribution in [-0.4, -0.2) is 13.1 Å². The van der Waals surface area contributed by atoms with Crippen LogP contribution in [-0.2, 0) is 11.3 Å². The highest BCUT2D eigenvalue weighted by atomic mass is 16.5. The van der Waals surface area contributed by atoms with E-state index in [1.807, 2.05) is 12.1 Å². The summed E-state index contributed by atoms with van der Waals surface area (Å²) in [6, 6.07) is 13.9. The molecule has 0 unspecified atom stereocenters. The fourth-order valence-electron chi connectivity index (χ4n) is 1.76. The van der Waals surface area contributed by atoms with Crippen LogP contribution < -0.4 is 10.5 Å². The number of carbonyl (C=O) groups excluding carboxylic acids is 1. The molecule has 0 atom stereocenters. The molecule has 2 aromatic carbocycles. The largest absolute Gasteiger partial charge is 0.487 e. The number of nitrogens with two attached hydrogens (primary N) is 1. The summed E-state index contributed by atoms with van der Waals surface area (Å²) in [7, 11) is 1.31. The van der Waals surface area contributed by atoms with Crippen molar-refractivity contribution >= 4 is 11.7 Å². The third kappa shape index (κ3) is 3.51. The number of nitrogens with zero attached hydrogens (tertiary/aromatic N) is 1. The fraction of sp³-hybridized carbons (Fsp3) is 0.125. The van der Waals surface area contributed by atoms with Crippen LogP contribution in [0.4, 0.5) is 5.69 Å². The highest BCUT2D eigenvalue weighted by Gasteiger charge is 2.09. The quantitative estimate of drug-likeness (QED) is 0.688. The van der Waals surface area contributed by atoms with Gasteiger partial charge in [0.25, 0.3) is 0 Å². The van der Waals surface area contributed by atoms with E-state index in [2.05, 4.69) is 10.8 Å².